The van der Waals surface area contributed by atoms with Crippen LogP contribution in [0.2, 0.25) is 0 Å². The topological polar surface area (TPSA) is 48.5 Å². The molecule has 2 saturated carbocycles. The normalized spacial score (nSPS) is 15.1. The van der Waals surface area contributed by atoms with Crippen LogP contribution in [0.4, 0.5) is 0 Å². The van der Waals surface area contributed by atoms with Gasteiger partial charge in [0.15, 0.2) is 17.5 Å². The Hall–Kier alpha value is -9.91. The van der Waals surface area contributed by atoms with E-state index in [1.54, 1.807) is 0 Å². The Morgan fingerprint density at radius 1 is 0.311 bits per heavy atom. The Morgan fingerprint density at radius 3 is 0.932 bits per heavy atom. The van der Waals surface area contributed by atoms with Crippen LogP contribution in [0.15, 0.2) is 218 Å². The van der Waals surface area contributed by atoms with Crippen molar-refractivity contribution >= 4 is 66.7 Å². The van der Waals surface area contributed by atoms with Crippen molar-refractivity contribution < 1.29 is 0 Å². The molecule has 5 nitrogen and oxygen atoms in total. The van der Waals surface area contributed by atoms with Gasteiger partial charge in [-0.05, 0) is 226 Å². The van der Waals surface area contributed by atoms with Crippen LogP contribution in [0.5, 0.6) is 0 Å². The van der Waals surface area contributed by atoms with E-state index < -0.39 is 0 Å². The molecule has 5 heterocycles. The van der Waals surface area contributed by atoms with Crippen molar-refractivity contribution in [2.45, 2.75) is 181 Å². The van der Waals surface area contributed by atoms with Crippen LogP contribution >= 0.6 is 0 Å². The van der Waals surface area contributed by atoms with E-state index in [1.807, 2.05) is 0 Å². The molecule has 103 heavy (non-hydrogen) atoms. The SMILES string of the molecule is CC(C)(C)c1cc(C(C)(C)C)c2c3cc(C4CCCCC4)cc4c3n(c2c1)-c1cc(-c2nc(-c3cc(-c5ccccc5)cc(-c5ccccc5)c3)nc(-c3cc(-c5ccccc5)cc(-c5ccccc5)c3)n2)cc2c1B4c1cc(C3CCCCC3)cc3c4c(C(C)(C)C)cc(C(C)(C)C)cc4n-2c13. The number of nitrogens with zero attached hydrogens (tertiary/aromatic N) is 5. The van der Waals surface area contributed by atoms with Gasteiger partial charge in [0.05, 0.1) is 11.0 Å². The molecule has 14 aromatic rings. The van der Waals surface area contributed by atoms with Gasteiger partial charge in [-0.25, -0.2) is 15.0 Å². The molecule has 3 aromatic heterocycles. The van der Waals surface area contributed by atoms with Crippen LogP contribution in [-0.2, 0) is 21.7 Å². The van der Waals surface area contributed by atoms with Crippen molar-refractivity contribution in [3.05, 3.63) is 252 Å². The van der Waals surface area contributed by atoms with Crippen LogP contribution in [0.25, 0.3) is 134 Å². The van der Waals surface area contributed by atoms with Gasteiger partial charge < -0.3 is 9.13 Å². The van der Waals surface area contributed by atoms with E-state index in [9.17, 15) is 0 Å². The fourth-order valence-corrected chi connectivity index (χ4v) is 18.3. The fraction of sp³-hybridized carbons (Fsp3) is 0.289. The summed E-state index contributed by atoms with van der Waals surface area (Å²) < 4.78 is 5.53. The predicted molar refractivity (Wildman–Crippen MR) is 438 cm³/mol. The molecule has 0 saturated heterocycles. The number of rotatable bonds is 9. The highest BCUT2D eigenvalue weighted by Crippen LogP contribution is 2.50. The minimum atomic E-state index is -0.168. The Balaban J connectivity index is 1.02. The first-order chi connectivity index (χ1) is 49.6. The maximum atomic E-state index is 5.95. The summed E-state index contributed by atoms with van der Waals surface area (Å²) in [6.45, 7) is 29.0. The molecule has 0 radical (unpaired) electrons. The van der Waals surface area contributed by atoms with E-state index in [1.165, 1.54) is 169 Å². The first kappa shape index (κ1) is 65.1. The molecule has 2 aliphatic carbocycles. The van der Waals surface area contributed by atoms with Crippen LogP contribution in [0, 0.1) is 0 Å². The lowest BCUT2D eigenvalue weighted by molar-refractivity contribution is 0.444. The van der Waals surface area contributed by atoms with Crippen LogP contribution in [0.3, 0.4) is 0 Å². The third-order valence-electron chi connectivity index (χ3n) is 23.8. The summed E-state index contributed by atoms with van der Waals surface area (Å²) >= 11 is 0. The van der Waals surface area contributed by atoms with Gasteiger partial charge in [0.1, 0.15) is 0 Å². The molecule has 2 fully saturated rings. The molecule has 0 unspecified atom stereocenters. The maximum absolute atomic E-state index is 5.95. The third kappa shape index (κ3) is 11.2. The summed E-state index contributed by atoms with van der Waals surface area (Å²) in [7, 11) is 0. The van der Waals surface area contributed by atoms with E-state index in [0.29, 0.717) is 29.3 Å². The molecule has 0 bridgehead atoms. The Morgan fingerprint density at radius 2 is 0.621 bits per heavy atom. The first-order valence-corrected chi connectivity index (χ1v) is 38.4. The lowest BCUT2D eigenvalue weighted by Gasteiger charge is -2.35. The van der Waals surface area contributed by atoms with E-state index >= 15 is 0 Å². The van der Waals surface area contributed by atoms with Gasteiger partial charge in [0.25, 0.3) is 6.71 Å². The zero-order valence-electron chi connectivity index (χ0n) is 62.3. The summed E-state index contributed by atoms with van der Waals surface area (Å²) in [5, 5.41) is 5.54. The average Bonchev–Trinajstić information content (AvgIpc) is 1.53. The molecule has 2 aliphatic heterocycles. The molecular formula is C97H94BN5. The average molecular weight is 1340 g/mol. The van der Waals surface area contributed by atoms with Crippen molar-refractivity contribution in [1.29, 1.82) is 0 Å². The van der Waals surface area contributed by atoms with Crippen LogP contribution in [0.1, 0.15) is 193 Å². The number of aromatic nitrogens is 5. The lowest BCUT2D eigenvalue weighted by atomic mass is 9.34. The van der Waals surface area contributed by atoms with Crippen LogP contribution in [-0.4, -0.2) is 30.8 Å². The minimum absolute atomic E-state index is 0.0659. The molecule has 0 N–H and O–H groups in total. The zero-order valence-corrected chi connectivity index (χ0v) is 62.3. The van der Waals surface area contributed by atoms with Crippen molar-refractivity contribution in [3.8, 4) is 90.0 Å². The zero-order chi connectivity index (χ0) is 70.6. The van der Waals surface area contributed by atoms with Crippen LogP contribution < -0.4 is 16.4 Å². The summed E-state index contributed by atoms with van der Waals surface area (Å²) in [5.74, 6) is 2.85. The predicted octanol–water partition coefficient (Wildman–Crippen LogP) is 24.2. The molecule has 4 aliphatic rings. The standard InChI is InChI=1S/C97H94BN5/c1-94(2,3)74-55-78(96(7,8)9)86-76-49-69(63-39-27-17-28-40-63)51-80-89(76)102(82(86)57-74)84-53-73(54-85-88(84)98(80)81-52-70(64-41-29-18-30-42-64)50-77-87-79(97(10,11)12)56-75(95(4,5)6)58-83(87)103(85)90(77)81)93-100-91(71-45-65(59-31-19-13-20-32-59)43-66(46-71)60-33-21-14-22-34-60)99-92(101-93)72-47-67(61-35-23-15-24-36-61)44-68(48-72)62-37-25-16-26-38-62/h13-16,19-26,31-38,43-58,63-64H,17-18,27-30,39-42H2,1-12H3. The number of benzene rings is 11. The fourth-order valence-electron chi connectivity index (χ4n) is 18.3. The van der Waals surface area contributed by atoms with Crippen molar-refractivity contribution in [2.75, 3.05) is 0 Å². The molecule has 0 atom stereocenters. The number of hydrogen-bond acceptors (Lipinski definition) is 3. The second-order valence-corrected chi connectivity index (χ2v) is 34.9. The molecule has 510 valence electrons. The van der Waals surface area contributed by atoms with E-state index in [-0.39, 0.29) is 28.4 Å². The van der Waals surface area contributed by atoms with Gasteiger partial charge in [0.2, 0.25) is 0 Å². The second-order valence-electron chi connectivity index (χ2n) is 34.9. The highest BCUT2D eigenvalue weighted by molar-refractivity contribution is 7.00. The molecule has 6 heteroatoms. The number of fused-ring (bicyclic) bond motifs is 10. The van der Waals surface area contributed by atoms with Gasteiger partial charge in [-0.3, -0.25) is 0 Å². The summed E-state index contributed by atoms with van der Waals surface area (Å²) in [4.78, 5) is 17.7. The molecule has 18 rings (SSSR count). The molecule has 11 aromatic carbocycles. The molecule has 0 amide bonds. The quantitative estimate of drug-likeness (QED) is 0.135. The lowest BCUT2D eigenvalue weighted by Crippen LogP contribution is -2.59. The van der Waals surface area contributed by atoms with Crippen molar-refractivity contribution in [3.63, 3.8) is 0 Å². The van der Waals surface area contributed by atoms with Crippen molar-refractivity contribution in [2.24, 2.45) is 0 Å². The maximum Gasteiger partial charge on any atom is 0.252 e. The smallest absolute Gasteiger partial charge is 0.252 e. The van der Waals surface area contributed by atoms with Gasteiger partial charge in [-0.15, -0.1) is 0 Å². The van der Waals surface area contributed by atoms with E-state index in [4.69, 9.17) is 15.0 Å². The van der Waals surface area contributed by atoms with E-state index in [0.717, 1.165) is 61.2 Å². The summed E-state index contributed by atoms with van der Waals surface area (Å²) in [5.41, 5.74) is 31.5. The number of hydrogen-bond donors (Lipinski definition) is 0. The Labute approximate surface area is 609 Å². The van der Waals surface area contributed by atoms with Gasteiger partial charge >= 0.3 is 0 Å². The highest BCUT2D eigenvalue weighted by Gasteiger charge is 2.44. The highest BCUT2D eigenvalue weighted by atomic mass is 15.1. The Kier molecular flexibility index (Phi) is 15.4. The first-order valence-electron chi connectivity index (χ1n) is 38.4. The summed E-state index contributed by atoms with van der Waals surface area (Å²) in [6, 6.07) is 83.2. The third-order valence-corrected chi connectivity index (χ3v) is 23.8. The van der Waals surface area contributed by atoms with Gasteiger partial charge in [-0.1, -0.05) is 267 Å². The minimum Gasteiger partial charge on any atom is -0.310 e. The second kappa shape index (κ2) is 24.4. The molecular weight excluding hydrogens is 1250 g/mol. The summed E-state index contributed by atoms with van der Waals surface area (Å²) in [6.07, 6.45) is 12.6. The monoisotopic (exact) mass is 1340 g/mol. The molecule has 0 spiro atoms. The van der Waals surface area contributed by atoms with Gasteiger partial charge in [0, 0.05) is 60.6 Å². The Bertz CT molecular complexity index is 5260. The van der Waals surface area contributed by atoms with E-state index in [2.05, 4.69) is 311 Å². The largest absolute Gasteiger partial charge is 0.310 e. The van der Waals surface area contributed by atoms with Crippen molar-refractivity contribution in [1.82, 2.24) is 24.1 Å². The van der Waals surface area contributed by atoms with Gasteiger partial charge in [-0.2, -0.15) is 0 Å².